The molecule has 7 heteroatoms. The molecule has 0 radical (unpaired) electrons. The van der Waals surface area contributed by atoms with Crippen molar-refractivity contribution in [3.05, 3.63) is 12.2 Å². The minimum Gasteiger partial charge on any atom is -0.391 e. The molecule has 0 rings (SSSR count). The fraction of sp³-hybridized carbons (Fsp3) is 0.930. The maximum Gasteiger partial charge on any atom is 0.266 e. The molecule has 0 bridgehead atoms. The van der Waals surface area contributed by atoms with Gasteiger partial charge in [-0.3, -0.25) is 9.35 Å². The number of aliphatic hydroxyl groups is 1. The van der Waals surface area contributed by atoms with Crippen LogP contribution in [0.1, 0.15) is 239 Å². The highest BCUT2D eigenvalue weighted by molar-refractivity contribution is 7.85. The number of rotatable bonds is 40. The van der Waals surface area contributed by atoms with Gasteiger partial charge in [-0.25, -0.2) is 0 Å². The van der Waals surface area contributed by atoms with E-state index in [0.717, 1.165) is 51.4 Å². The Labute approximate surface area is 312 Å². The quantitative estimate of drug-likeness (QED) is 0.0331. The van der Waals surface area contributed by atoms with Crippen LogP contribution in [0.25, 0.3) is 0 Å². The second-order valence-corrected chi connectivity index (χ2v) is 16.8. The number of allylic oxidation sites excluding steroid dienone is 2. The van der Waals surface area contributed by atoms with Crippen LogP contribution in [0.5, 0.6) is 0 Å². The van der Waals surface area contributed by atoms with E-state index in [1.54, 1.807) is 0 Å². The van der Waals surface area contributed by atoms with Gasteiger partial charge in [-0.1, -0.05) is 206 Å². The lowest BCUT2D eigenvalue weighted by Gasteiger charge is -2.23. The summed E-state index contributed by atoms with van der Waals surface area (Å²) in [5.41, 5.74) is 0. The van der Waals surface area contributed by atoms with Crippen LogP contribution < -0.4 is 5.32 Å². The van der Waals surface area contributed by atoms with Gasteiger partial charge in [0.25, 0.3) is 10.1 Å². The molecule has 0 aromatic rings. The van der Waals surface area contributed by atoms with Gasteiger partial charge in [0.05, 0.1) is 17.9 Å². The SMILES string of the molecule is CCCCCCC/C=C\CCCCCCCC(=O)NC(CS(=O)(=O)O)C(O)CCCCCCCCCCCCCCCCCCCCCCC. The summed E-state index contributed by atoms with van der Waals surface area (Å²) in [5.74, 6) is -0.899. The molecule has 1 amide bonds. The molecule has 0 aliphatic rings. The second kappa shape index (κ2) is 37.8. The summed E-state index contributed by atoms with van der Waals surface area (Å²) in [6.45, 7) is 4.52. The summed E-state index contributed by atoms with van der Waals surface area (Å²) in [6, 6.07) is -0.971. The molecule has 50 heavy (non-hydrogen) atoms. The molecule has 0 fully saturated rings. The van der Waals surface area contributed by atoms with Crippen molar-refractivity contribution in [2.24, 2.45) is 0 Å². The Kier molecular flexibility index (Phi) is 37.1. The Morgan fingerprint density at radius 2 is 0.840 bits per heavy atom. The van der Waals surface area contributed by atoms with E-state index in [0.29, 0.717) is 12.8 Å². The standard InChI is InChI=1S/C43H85NO5S/c1-3-5-7-9-11-13-15-17-19-20-21-22-23-24-25-26-28-30-32-34-36-38-42(45)41(40-50(47,48)49)44-43(46)39-37-35-33-31-29-27-18-16-14-12-10-8-6-4-2/h16,18,41-42,45H,3-15,17,19-40H2,1-2H3,(H,44,46)(H,47,48,49)/b18-16-. The third kappa shape index (κ3) is 38.3. The highest BCUT2D eigenvalue weighted by Crippen LogP contribution is 2.17. The molecule has 6 nitrogen and oxygen atoms in total. The summed E-state index contributed by atoms with van der Waals surface area (Å²) in [5, 5.41) is 13.4. The largest absolute Gasteiger partial charge is 0.391 e. The molecule has 0 aromatic carbocycles. The Hall–Kier alpha value is -0.920. The summed E-state index contributed by atoms with van der Waals surface area (Å²) in [6.07, 6.45) is 45.9. The third-order valence-corrected chi connectivity index (χ3v) is 11.0. The molecule has 0 heterocycles. The number of hydrogen-bond acceptors (Lipinski definition) is 4. The van der Waals surface area contributed by atoms with Gasteiger partial charge in [-0.15, -0.1) is 0 Å². The Balaban J connectivity index is 3.79. The van der Waals surface area contributed by atoms with E-state index in [1.165, 1.54) is 161 Å². The number of nitrogens with one attached hydrogen (secondary N) is 1. The van der Waals surface area contributed by atoms with Crippen LogP contribution >= 0.6 is 0 Å². The normalized spacial score (nSPS) is 13.3. The van der Waals surface area contributed by atoms with Gasteiger partial charge < -0.3 is 10.4 Å². The number of carbonyl (C=O) groups excluding carboxylic acids is 1. The van der Waals surface area contributed by atoms with Crippen molar-refractivity contribution in [1.82, 2.24) is 5.32 Å². The van der Waals surface area contributed by atoms with E-state index in [4.69, 9.17) is 0 Å². The van der Waals surface area contributed by atoms with Crippen LogP contribution in [0, 0.1) is 0 Å². The average molecular weight is 728 g/mol. The molecule has 0 spiro atoms. The molecule has 2 atom stereocenters. The predicted octanol–water partition coefficient (Wildman–Crippen LogP) is 13.0. The van der Waals surface area contributed by atoms with Crippen LogP contribution in [-0.2, 0) is 14.9 Å². The summed E-state index contributed by atoms with van der Waals surface area (Å²) < 4.78 is 32.6. The highest BCUT2D eigenvalue weighted by Gasteiger charge is 2.26. The van der Waals surface area contributed by atoms with Crippen LogP contribution in [0.2, 0.25) is 0 Å². The van der Waals surface area contributed by atoms with E-state index in [1.807, 2.05) is 0 Å². The monoisotopic (exact) mass is 728 g/mol. The van der Waals surface area contributed by atoms with Gasteiger partial charge in [-0.05, 0) is 38.5 Å². The molecular formula is C43H85NO5S. The fourth-order valence-electron chi connectivity index (χ4n) is 6.92. The number of amides is 1. The van der Waals surface area contributed by atoms with Crippen LogP contribution in [-0.4, -0.2) is 41.9 Å². The average Bonchev–Trinajstić information content (AvgIpc) is 3.08. The van der Waals surface area contributed by atoms with Crippen molar-refractivity contribution in [3.8, 4) is 0 Å². The topological polar surface area (TPSA) is 104 Å². The van der Waals surface area contributed by atoms with Crippen molar-refractivity contribution in [2.45, 2.75) is 251 Å². The fourth-order valence-corrected chi connectivity index (χ4v) is 7.68. The second-order valence-electron chi connectivity index (χ2n) is 15.3. The summed E-state index contributed by atoms with van der Waals surface area (Å²) >= 11 is 0. The Morgan fingerprint density at radius 1 is 0.520 bits per heavy atom. The van der Waals surface area contributed by atoms with E-state index in [2.05, 4.69) is 31.3 Å². The maximum atomic E-state index is 12.5. The minimum atomic E-state index is -4.31. The van der Waals surface area contributed by atoms with Crippen molar-refractivity contribution in [3.63, 3.8) is 0 Å². The first-order chi connectivity index (χ1) is 24.3. The minimum absolute atomic E-state index is 0.252. The molecule has 0 aromatic heterocycles. The van der Waals surface area contributed by atoms with Crippen LogP contribution in [0.15, 0.2) is 12.2 Å². The van der Waals surface area contributed by atoms with Gasteiger partial charge in [0.15, 0.2) is 0 Å². The predicted molar refractivity (Wildman–Crippen MR) is 216 cm³/mol. The first-order valence-corrected chi connectivity index (χ1v) is 23.5. The Bertz CT molecular complexity index is 846. The van der Waals surface area contributed by atoms with Crippen LogP contribution in [0.4, 0.5) is 0 Å². The number of hydrogen-bond donors (Lipinski definition) is 3. The number of aliphatic hydroxyl groups excluding tert-OH is 1. The first-order valence-electron chi connectivity index (χ1n) is 21.9. The lowest BCUT2D eigenvalue weighted by molar-refractivity contribution is -0.122. The van der Waals surface area contributed by atoms with Gasteiger partial charge in [0.1, 0.15) is 0 Å². The van der Waals surface area contributed by atoms with Gasteiger partial charge in [0, 0.05) is 6.42 Å². The van der Waals surface area contributed by atoms with E-state index in [9.17, 15) is 22.9 Å². The molecule has 298 valence electrons. The zero-order chi connectivity index (χ0) is 36.8. The summed E-state index contributed by atoms with van der Waals surface area (Å²) in [7, 11) is -4.31. The molecule has 0 saturated heterocycles. The lowest BCUT2D eigenvalue weighted by Crippen LogP contribution is -2.47. The van der Waals surface area contributed by atoms with Crippen molar-refractivity contribution in [2.75, 3.05) is 5.75 Å². The van der Waals surface area contributed by atoms with Crippen molar-refractivity contribution >= 4 is 16.0 Å². The van der Waals surface area contributed by atoms with Gasteiger partial charge >= 0.3 is 0 Å². The molecule has 0 saturated carbocycles. The first kappa shape index (κ1) is 49.1. The zero-order valence-electron chi connectivity index (χ0n) is 33.3. The molecule has 0 aliphatic carbocycles. The smallest absolute Gasteiger partial charge is 0.266 e. The van der Waals surface area contributed by atoms with Gasteiger partial charge in [0.2, 0.25) is 5.91 Å². The highest BCUT2D eigenvalue weighted by atomic mass is 32.2. The number of carbonyl (C=O) groups is 1. The van der Waals surface area contributed by atoms with E-state index >= 15 is 0 Å². The van der Waals surface area contributed by atoms with Crippen LogP contribution in [0.3, 0.4) is 0 Å². The Morgan fingerprint density at radius 3 is 1.20 bits per heavy atom. The molecule has 3 N–H and O–H groups in total. The van der Waals surface area contributed by atoms with E-state index in [-0.39, 0.29) is 5.91 Å². The van der Waals surface area contributed by atoms with Crippen molar-refractivity contribution < 1.29 is 22.9 Å². The number of unbranched alkanes of at least 4 members (excludes halogenated alkanes) is 30. The van der Waals surface area contributed by atoms with Gasteiger partial charge in [-0.2, -0.15) is 8.42 Å². The summed E-state index contributed by atoms with van der Waals surface area (Å²) in [4.78, 5) is 12.5. The zero-order valence-corrected chi connectivity index (χ0v) is 34.1. The van der Waals surface area contributed by atoms with Crippen molar-refractivity contribution in [1.29, 1.82) is 0 Å². The molecule has 2 unspecified atom stereocenters. The molecule has 0 aliphatic heterocycles. The van der Waals surface area contributed by atoms with E-state index < -0.39 is 28.0 Å². The molecular weight excluding hydrogens is 643 g/mol. The third-order valence-electron chi connectivity index (χ3n) is 10.2. The maximum absolute atomic E-state index is 12.5. The lowest BCUT2D eigenvalue weighted by atomic mass is 10.0.